The molecule has 0 saturated heterocycles. The first kappa shape index (κ1) is 17.7. The van der Waals surface area contributed by atoms with Crippen LogP contribution in [0.1, 0.15) is 30.6 Å². The molecule has 1 N–H and O–H groups in total. The van der Waals surface area contributed by atoms with Gasteiger partial charge >= 0.3 is 11.9 Å². The number of hydrogen-bond donors (Lipinski definition) is 1. The second-order valence-electron chi connectivity index (χ2n) is 3.76. The van der Waals surface area contributed by atoms with Crippen molar-refractivity contribution in [1.82, 2.24) is 0 Å². The molecule has 100 valence electrons. The summed E-state index contributed by atoms with van der Waals surface area (Å²) in [6, 6.07) is 5.96. The first-order chi connectivity index (χ1) is 8.54. The topological polar surface area (TPSA) is 72.8 Å². The Morgan fingerprint density at radius 3 is 2.32 bits per heavy atom. The third-order valence-electron chi connectivity index (χ3n) is 2.09. The summed E-state index contributed by atoms with van der Waals surface area (Å²) in [4.78, 5) is 22.6. The Balaban J connectivity index is 0.00000324. The van der Waals surface area contributed by atoms with Crippen LogP contribution in [-0.2, 0) is 29.0 Å². The molecule has 0 aromatic heterocycles. The standard InChI is InChI=1S/C13H16O5.Zn/c1-3-8-17-13(16)10-4-6-11(7-5-10)18-12(15)9(2)14;/h4-7,9,14H,3,8H2,1-2H3;. The maximum absolute atomic E-state index is 11.5. The fraction of sp³-hybridized carbons (Fsp3) is 0.385. The van der Waals surface area contributed by atoms with Gasteiger partial charge in [0.25, 0.3) is 0 Å². The van der Waals surface area contributed by atoms with E-state index in [-0.39, 0.29) is 25.2 Å². The van der Waals surface area contributed by atoms with Crippen LogP contribution in [0.3, 0.4) is 0 Å². The van der Waals surface area contributed by atoms with Crippen LogP contribution in [0.2, 0.25) is 0 Å². The Kier molecular flexibility index (Phi) is 8.20. The molecule has 0 aliphatic heterocycles. The zero-order valence-electron chi connectivity index (χ0n) is 11.1. The van der Waals surface area contributed by atoms with Crippen molar-refractivity contribution >= 4 is 11.9 Å². The monoisotopic (exact) mass is 316 g/mol. The molecule has 5 nitrogen and oxygen atoms in total. The average molecular weight is 318 g/mol. The molecule has 0 fully saturated rings. The predicted molar refractivity (Wildman–Crippen MR) is 64.3 cm³/mol. The number of esters is 2. The fourth-order valence-corrected chi connectivity index (χ4v) is 1.14. The van der Waals surface area contributed by atoms with Gasteiger partial charge in [0.2, 0.25) is 0 Å². The summed E-state index contributed by atoms with van der Waals surface area (Å²) < 4.78 is 9.80. The van der Waals surface area contributed by atoms with Crippen molar-refractivity contribution < 1.29 is 43.6 Å². The summed E-state index contributed by atoms with van der Waals surface area (Å²) in [5.41, 5.74) is 0.389. The van der Waals surface area contributed by atoms with E-state index in [0.717, 1.165) is 6.42 Å². The van der Waals surface area contributed by atoms with Crippen molar-refractivity contribution in [3.05, 3.63) is 29.8 Å². The summed E-state index contributed by atoms with van der Waals surface area (Å²) in [5.74, 6) is -0.880. The summed E-state index contributed by atoms with van der Waals surface area (Å²) in [7, 11) is 0. The van der Waals surface area contributed by atoms with Gasteiger partial charge in [-0.05, 0) is 37.6 Å². The maximum Gasteiger partial charge on any atom is 0.340 e. The Hall–Kier alpha value is -1.26. The molecule has 1 rings (SSSR count). The molecular formula is C13H16O5Zn. The molecule has 19 heavy (non-hydrogen) atoms. The summed E-state index contributed by atoms with van der Waals surface area (Å²) >= 11 is 0. The smallest absolute Gasteiger partial charge is 0.340 e. The Bertz CT molecular complexity index is 414. The molecule has 1 atom stereocenters. The van der Waals surface area contributed by atoms with Gasteiger partial charge in [-0.1, -0.05) is 6.92 Å². The maximum atomic E-state index is 11.5. The minimum Gasteiger partial charge on any atom is -0.462 e. The second kappa shape index (κ2) is 8.78. The van der Waals surface area contributed by atoms with Gasteiger partial charge in [-0.2, -0.15) is 0 Å². The largest absolute Gasteiger partial charge is 0.462 e. The minimum atomic E-state index is -1.18. The third-order valence-corrected chi connectivity index (χ3v) is 2.09. The van der Waals surface area contributed by atoms with Crippen molar-refractivity contribution in [3.8, 4) is 5.75 Å². The molecule has 0 saturated carbocycles. The van der Waals surface area contributed by atoms with Crippen LogP contribution in [0.25, 0.3) is 0 Å². The Morgan fingerprint density at radius 2 is 1.84 bits per heavy atom. The van der Waals surface area contributed by atoms with E-state index in [1.54, 1.807) is 0 Å². The van der Waals surface area contributed by atoms with Gasteiger partial charge in [-0.15, -0.1) is 0 Å². The number of ether oxygens (including phenoxy) is 2. The van der Waals surface area contributed by atoms with Crippen LogP contribution in [-0.4, -0.2) is 29.8 Å². The molecule has 0 bridgehead atoms. The van der Waals surface area contributed by atoms with Crippen LogP contribution in [0.5, 0.6) is 5.75 Å². The van der Waals surface area contributed by atoms with E-state index in [1.165, 1.54) is 31.2 Å². The summed E-state index contributed by atoms with van der Waals surface area (Å²) in [6.07, 6.45) is -0.422. The van der Waals surface area contributed by atoms with Crippen LogP contribution in [0, 0.1) is 0 Å². The zero-order chi connectivity index (χ0) is 13.5. The van der Waals surface area contributed by atoms with Crippen LogP contribution >= 0.6 is 0 Å². The van der Waals surface area contributed by atoms with Gasteiger partial charge < -0.3 is 14.6 Å². The van der Waals surface area contributed by atoms with Crippen molar-refractivity contribution in [2.24, 2.45) is 0 Å². The van der Waals surface area contributed by atoms with Gasteiger partial charge in [0.05, 0.1) is 12.2 Å². The van der Waals surface area contributed by atoms with Crippen LogP contribution in [0.15, 0.2) is 24.3 Å². The summed E-state index contributed by atoms with van der Waals surface area (Å²) in [5, 5.41) is 8.97. The van der Waals surface area contributed by atoms with Gasteiger partial charge in [0.15, 0.2) is 0 Å². The first-order valence-electron chi connectivity index (χ1n) is 5.71. The SMILES string of the molecule is CCCOC(=O)c1ccc(OC(=O)C(C)O)cc1.[Zn]. The van der Waals surface area contributed by atoms with E-state index in [1.807, 2.05) is 6.92 Å². The van der Waals surface area contributed by atoms with Crippen molar-refractivity contribution in [3.63, 3.8) is 0 Å². The number of carbonyl (C=O) groups excluding carboxylic acids is 2. The average Bonchev–Trinajstić information content (AvgIpc) is 2.36. The molecule has 0 heterocycles. The van der Waals surface area contributed by atoms with E-state index >= 15 is 0 Å². The molecule has 1 unspecified atom stereocenters. The van der Waals surface area contributed by atoms with Crippen molar-refractivity contribution in [2.75, 3.05) is 6.61 Å². The second-order valence-corrected chi connectivity index (χ2v) is 3.76. The molecule has 1 aromatic rings. The molecule has 6 heteroatoms. The number of aliphatic hydroxyl groups is 1. The van der Waals surface area contributed by atoms with Crippen LogP contribution in [0.4, 0.5) is 0 Å². The van der Waals surface area contributed by atoms with Gasteiger partial charge in [-0.25, -0.2) is 9.59 Å². The van der Waals surface area contributed by atoms with Crippen molar-refractivity contribution in [1.29, 1.82) is 0 Å². The third kappa shape index (κ3) is 5.94. The number of benzene rings is 1. The van der Waals surface area contributed by atoms with E-state index in [9.17, 15) is 9.59 Å². The van der Waals surface area contributed by atoms with Gasteiger partial charge in [-0.3, -0.25) is 0 Å². The van der Waals surface area contributed by atoms with E-state index in [0.29, 0.717) is 12.2 Å². The Labute approximate surface area is 124 Å². The molecule has 1 aromatic carbocycles. The number of hydrogen-bond acceptors (Lipinski definition) is 5. The normalized spacial score (nSPS) is 11.1. The molecule has 0 amide bonds. The predicted octanol–water partition coefficient (Wildman–Crippen LogP) is 1.54. The van der Waals surface area contributed by atoms with Gasteiger partial charge in [0, 0.05) is 19.5 Å². The first-order valence-corrected chi connectivity index (χ1v) is 5.71. The van der Waals surface area contributed by atoms with Crippen molar-refractivity contribution in [2.45, 2.75) is 26.4 Å². The molecule has 0 aliphatic rings. The van der Waals surface area contributed by atoms with Crippen LogP contribution < -0.4 is 4.74 Å². The zero-order valence-corrected chi connectivity index (χ0v) is 14.1. The fourth-order valence-electron chi connectivity index (χ4n) is 1.14. The quantitative estimate of drug-likeness (QED) is 0.506. The molecule has 0 radical (unpaired) electrons. The Morgan fingerprint density at radius 1 is 1.26 bits per heavy atom. The molecule has 0 aliphatic carbocycles. The minimum absolute atomic E-state index is 0. The number of rotatable bonds is 5. The molecule has 0 spiro atoms. The van der Waals surface area contributed by atoms with Gasteiger partial charge in [0.1, 0.15) is 11.9 Å². The van der Waals surface area contributed by atoms with E-state index in [2.05, 4.69) is 0 Å². The number of carbonyl (C=O) groups is 2. The molecular weight excluding hydrogens is 302 g/mol. The summed E-state index contributed by atoms with van der Waals surface area (Å²) in [6.45, 7) is 3.60. The number of aliphatic hydroxyl groups excluding tert-OH is 1. The van der Waals surface area contributed by atoms with E-state index < -0.39 is 18.0 Å². The van der Waals surface area contributed by atoms with E-state index in [4.69, 9.17) is 14.6 Å².